The molecule has 2 rings (SSSR count). The molecule has 0 saturated carbocycles. The highest BCUT2D eigenvalue weighted by molar-refractivity contribution is 6.30. The molecule has 0 aliphatic rings. The van der Waals surface area contributed by atoms with E-state index >= 15 is 0 Å². The van der Waals surface area contributed by atoms with Gasteiger partial charge in [-0.1, -0.05) is 17.7 Å². The van der Waals surface area contributed by atoms with E-state index in [0.717, 1.165) is 5.56 Å². The highest BCUT2D eigenvalue weighted by atomic mass is 35.5. The maximum absolute atomic E-state index is 13.0. The van der Waals surface area contributed by atoms with Gasteiger partial charge in [-0.05, 0) is 23.8 Å². The standard InChI is InChI=1S/C12H12ClFN2O/c1-16-11(4-5-15-16)12(17)7-8-2-3-10(14)9(13)6-8/h2-6,12,17H,7H2,1H3. The van der Waals surface area contributed by atoms with Crippen molar-refractivity contribution in [3.05, 3.63) is 52.6 Å². The molecule has 1 aromatic heterocycles. The number of benzene rings is 1. The van der Waals surface area contributed by atoms with Gasteiger partial charge >= 0.3 is 0 Å². The summed E-state index contributed by atoms with van der Waals surface area (Å²) in [5.41, 5.74) is 1.50. The fourth-order valence-corrected chi connectivity index (χ4v) is 1.91. The lowest BCUT2D eigenvalue weighted by Crippen LogP contribution is -2.08. The van der Waals surface area contributed by atoms with Gasteiger partial charge < -0.3 is 5.11 Å². The molecular weight excluding hydrogens is 243 g/mol. The summed E-state index contributed by atoms with van der Waals surface area (Å²) in [7, 11) is 1.76. The van der Waals surface area contributed by atoms with E-state index in [1.807, 2.05) is 0 Å². The minimum atomic E-state index is -0.677. The average molecular weight is 255 g/mol. The fourth-order valence-electron chi connectivity index (χ4n) is 1.71. The predicted molar refractivity (Wildman–Crippen MR) is 63.3 cm³/mol. The van der Waals surface area contributed by atoms with E-state index in [-0.39, 0.29) is 5.02 Å². The molecule has 0 radical (unpaired) electrons. The molecule has 0 fully saturated rings. The quantitative estimate of drug-likeness (QED) is 0.914. The summed E-state index contributed by atoms with van der Waals surface area (Å²) < 4.78 is 14.6. The highest BCUT2D eigenvalue weighted by Crippen LogP contribution is 2.21. The Kier molecular flexibility index (Phi) is 3.45. The Hall–Kier alpha value is -1.39. The Morgan fingerprint density at radius 1 is 1.47 bits per heavy atom. The number of aromatic nitrogens is 2. The number of aryl methyl sites for hydroxylation is 1. The van der Waals surface area contributed by atoms with E-state index in [0.29, 0.717) is 12.1 Å². The van der Waals surface area contributed by atoms with Crippen molar-refractivity contribution >= 4 is 11.6 Å². The van der Waals surface area contributed by atoms with Crippen LogP contribution in [0, 0.1) is 5.82 Å². The van der Waals surface area contributed by atoms with Gasteiger partial charge in [0, 0.05) is 19.7 Å². The first-order valence-corrected chi connectivity index (χ1v) is 5.55. The number of nitrogens with zero attached hydrogens (tertiary/aromatic N) is 2. The molecule has 1 atom stereocenters. The van der Waals surface area contributed by atoms with Crippen LogP contribution in [0.1, 0.15) is 17.4 Å². The largest absolute Gasteiger partial charge is 0.386 e. The van der Waals surface area contributed by atoms with Crippen molar-refractivity contribution < 1.29 is 9.50 Å². The SMILES string of the molecule is Cn1nccc1C(O)Cc1ccc(F)c(Cl)c1. The minimum absolute atomic E-state index is 0.0692. The lowest BCUT2D eigenvalue weighted by Gasteiger charge is -2.11. The Balaban J connectivity index is 2.16. The highest BCUT2D eigenvalue weighted by Gasteiger charge is 2.13. The van der Waals surface area contributed by atoms with Gasteiger partial charge in [0.25, 0.3) is 0 Å². The maximum atomic E-state index is 13.0. The van der Waals surface area contributed by atoms with Gasteiger partial charge in [0.2, 0.25) is 0 Å². The smallest absolute Gasteiger partial charge is 0.141 e. The number of halogens is 2. The van der Waals surface area contributed by atoms with Crippen LogP contribution in [0.25, 0.3) is 0 Å². The molecular formula is C12H12ClFN2O. The normalized spacial score (nSPS) is 12.7. The number of rotatable bonds is 3. The first-order chi connectivity index (χ1) is 8.08. The summed E-state index contributed by atoms with van der Waals surface area (Å²) in [4.78, 5) is 0. The predicted octanol–water partition coefficient (Wildman–Crippen LogP) is 2.49. The summed E-state index contributed by atoms with van der Waals surface area (Å²) >= 11 is 5.68. The van der Waals surface area contributed by atoms with Crippen LogP contribution in [0.4, 0.5) is 4.39 Å². The van der Waals surface area contributed by atoms with Crippen LogP contribution < -0.4 is 0 Å². The van der Waals surface area contributed by atoms with E-state index in [1.165, 1.54) is 12.1 Å². The van der Waals surface area contributed by atoms with Crippen molar-refractivity contribution in [3.8, 4) is 0 Å². The first-order valence-electron chi connectivity index (χ1n) is 5.18. The third-order valence-electron chi connectivity index (χ3n) is 2.61. The molecule has 0 bridgehead atoms. The third kappa shape index (κ3) is 2.65. The average Bonchev–Trinajstić information content (AvgIpc) is 2.70. The lowest BCUT2D eigenvalue weighted by atomic mass is 10.1. The second-order valence-corrected chi connectivity index (χ2v) is 4.26. The molecule has 90 valence electrons. The van der Waals surface area contributed by atoms with Crippen LogP contribution in [-0.2, 0) is 13.5 Å². The summed E-state index contributed by atoms with van der Waals surface area (Å²) in [6.07, 6.45) is 1.32. The summed E-state index contributed by atoms with van der Waals surface area (Å²) in [6.45, 7) is 0. The third-order valence-corrected chi connectivity index (χ3v) is 2.90. The zero-order valence-corrected chi connectivity index (χ0v) is 10.0. The van der Waals surface area contributed by atoms with Crippen LogP contribution in [0.3, 0.4) is 0 Å². The molecule has 2 aromatic rings. The topological polar surface area (TPSA) is 38.0 Å². The van der Waals surface area contributed by atoms with Crippen LogP contribution in [0.15, 0.2) is 30.5 Å². The van der Waals surface area contributed by atoms with Gasteiger partial charge in [0.15, 0.2) is 0 Å². The maximum Gasteiger partial charge on any atom is 0.141 e. The molecule has 0 saturated heterocycles. The van der Waals surface area contributed by atoms with Crippen molar-refractivity contribution in [2.75, 3.05) is 0 Å². The van der Waals surface area contributed by atoms with Gasteiger partial charge in [-0.2, -0.15) is 5.10 Å². The molecule has 0 aliphatic heterocycles. The van der Waals surface area contributed by atoms with E-state index in [9.17, 15) is 9.50 Å². The van der Waals surface area contributed by atoms with Gasteiger partial charge in [-0.25, -0.2) is 4.39 Å². The zero-order valence-electron chi connectivity index (χ0n) is 9.27. The molecule has 0 aliphatic carbocycles. The Bertz CT molecular complexity index is 527. The molecule has 1 heterocycles. The summed E-state index contributed by atoms with van der Waals surface area (Å²) in [6, 6.07) is 6.18. The zero-order chi connectivity index (χ0) is 12.4. The molecule has 3 nitrogen and oxygen atoms in total. The lowest BCUT2D eigenvalue weighted by molar-refractivity contribution is 0.168. The Morgan fingerprint density at radius 3 is 2.82 bits per heavy atom. The van der Waals surface area contributed by atoms with Crippen molar-refractivity contribution in [1.82, 2.24) is 9.78 Å². The summed E-state index contributed by atoms with van der Waals surface area (Å²) in [5, 5.41) is 14.1. The van der Waals surface area contributed by atoms with Crippen LogP contribution >= 0.6 is 11.6 Å². The molecule has 0 amide bonds. The number of hydrogen-bond donors (Lipinski definition) is 1. The molecule has 1 aromatic carbocycles. The van der Waals surface area contributed by atoms with Crippen molar-refractivity contribution in [2.24, 2.45) is 7.05 Å². The van der Waals surface area contributed by atoms with E-state index < -0.39 is 11.9 Å². The monoisotopic (exact) mass is 254 g/mol. The van der Waals surface area contributed by atoms with Crippen LogP contribution in [-0.4, -0.2) is 14.9 Å². The molecule has 0 spiro atoms. The van der Waals surface area contributed by atoms with E-state index in [1.54, 1.807) is 30.1 Å². The van der Waals surface area contributed by atoms with Gasteiger partial charge in [-0.15, -0.1) is 0 Å². The Morgan fingerprint density at radius 2 is 2.24 bits per heavy atom. The molecule has 5 heteroatoms. The van der Waals surface area contributed by atoms with Crippen molar-refractivity contribution in [2.45, 2.75) is 12.5 Å². The van der Waals surface area contributed by atoms with Gasteiger partial charge in [0.05, 0.1) is 16.8 Å². The van der Waals surface area contributed by atoms with Crippen LogP contribution in [0.2, 0.25) is 5.02 Å². The van der Waals surface area contributed by atoms with Gasteiger partial charge in [0.1, 0.15) is 5.82 Å². The molecule has 17 heavy (non-hydrogen) atoms. The molecule has 1 N–H and O–H groups in total. The fraction of sp³-hybridized carbons (Fsp3) is 0.250. The number of hydrogen-bond acceptors (Lipinski definition) is 2. The summed E-state index contributed by atoms with van der Waals surface area (Å²) in [5.74, 6) is -0.453. The second kappa shape index (κ2) is 4.85. The number of aliphatic hydroxyl groups is 1. The Labute approximate surface area is 103 Å². The second-order valence-electron chi connectivity index (χ2n) is 3.85. The van der Waals surface area contributed by atoms with Crippen molar-refractivity contribution in [3.63, 3.8) is 0 Å². The molecule has 1 unspecified atom stereocenters. The van der Waals surface area contributed by atoms with E-state index in [2.05, 4.69) is 5.10 Å². The van der Waals surface area contributed by atoms with Crippen molar-refractivity contribution in [1.29, 1.82) is 0 Å². The minimum Gasteiger partial charge on any atom is -0.386 e. The first kappa shape index (κ1) is 12.1. The number of aliphatic hydroxyl groups excluding tert-OH is 1. The van der Waals surface area contributed by atoms with E-state index in [4.69, 9.17) is 11.6 Å². The van der Waals surface area contributed by atoms with Crippen LogP contribution in [0.5, 0.6) is 0 Å². The van der Waals surface area contributed by atoms with Gasteiger partial charge in [-0.3, -0.25) is 4.68 Å².